The molecule has 0 atom stereocenters. The van der Waals surface area contributed by atoms with E-state index >= 15 is 0 Å². The highest BCUT2D eigenvalue weighted by Gasteiger charge is 2.20. The summed E-state index contributed by atoms with van der Waals surface area (Å²) < 4.78 is 21.9. The lowest BCUT2D eigenvalue weighted by Gasteiger charge is -2.09. The van der Waals surface area contributed by atoms with Crippen molar-refractivity contribution in [2.75, 3.05) is 30.9 Å². The molecule has 0 bridgehead atoms. The number of sulfone groups is 1. The predicted octanol–water partition coefficient (Wildman–Crippen LogP) is 0.411. The zero-order valence-electron chi connectivity index (χ0n) is 11.0. The number of nitro groups is 1. The Morgan fingerprint density at radius 1 is 1.40 bits per heavy atom. The lowest BCUT2D eigenvalue weighted by molar-refractivity contribution is -0.384. The second-order valence-electron chi connectivity index (χ2n) is 4.09. The van der Waals surface area contributed by atoms with Gasteiger partial charge < -0.3 is 10.6 Å². The summed E-state index contributed by atoms with van der Waals surface area (Å²) in [6.07, 6.45) is 1.06. The highest BCUT2D eigenvalue weighted by molar-refractivity contribution is 7.90. The summed E-state index contributed by atoms with van der Waals surface area (Å²) in [6, 6.07) is 4.10. The van der Waals surface area contributed by atoms with Crippen LogP contribution in [0.25, 0.3) is 0 Å². The number of benzene rings is 1. The molecule has 20 heavy (non-hydrogen) atoms. The zero-order valence-corrected chi connectivity index (χ0v) is 11.9. The van der Waals surface area contributed by atoms with Gasteiger partial charge in [0.15, 0.2) is 0 Å². The molecule has 110 valence electrons. The quantitative estimate of drug-likeness (QED) is 0.580. The molecule has 1 rings (SSSR count). The summed E-state index contributed by atoms with van der Waals surface area (Å²) in [6.45, 7) is -0.0521. The molecular weight excluding hydrogens is 286 g/mol. The fraction of sp³-hybridized carbons (Fsp3) is 0.364. The first-order valence-electron chi connectivity index (χ1n) is 5.67. The molecule has 0 unspecified atom stereocenters. The third-order valence-electron chi connectivity index (χ3n) is 2.49. The summed E-state index contributed by atoms with van der Waals surface area (Å²) in [4.78, 5) is 22.2. The Morgan fingerprint density at radius 2 is 2.05 bits per heavy atom. The molecule has 0 aromatic heterocycles. The van der Waals surface area contributed by atoms with E-state index in [0.717, 1.165) is 6.26 Å². The number of nitrogens with zero attached hydrogens (tertiary/aromatic N) is 1. The van der Waals surface area contributed by atoms with Crippen LogP contribution in [0, 0.1) is 10.1 Å². The summed E-state index contributed by atoms with van der Waals surface area (Å²) in [7, 11) is -1.71. The van der Waals surface area contributed by atoms with Crippen molar-refractivity contribution in [2.45, 2.75) is 0 Å². The minimum atomic E-state index is -3.18. The number of carbonyl (C=O) groups is 1. The first-order valence-corrected chi connectivity index (χ1v) is 7.73. The minimum Gasteiger partial charge on any atom is -0.382 e. The Kier molecular flexibility index (Phi) is 5.03. The molecule has 8 nitrogen and oxygen atoms in total. The average molecular weight is 301 g/mol. The van der Waals surface area contributed by atoms with Crippen molar-refractivity contribution in [1.82, 2.24) is 5.32 Å². The van der Waals surface area contributed by atoms with Crippen molar-refractivity contribution in [3.05, 3.63) is 33.9 Å². The number of para-hydroxylation sites is 1. The highest BCUT2D eigenvalue weighted by Crippen LogP contribution is 2.27. The predicted molar refractivity (Wildman–Crippen MR) is 74.7 cm³/mol. The molecule has 0 aliphatic heterocycles. The number of nitrogens with one attached hydrogen (secondary N) is 2. The van der Waals surface area contributed by atoms with Crippen molar-refractivity contribution >= 4 is 27.1 Å². The van der Waals surface area contributed by atoms with E-state index in [1.807, 2.05) is 0 Å². The Labute approximate surface area is 116 Å². The Balaban J connectivity index is 2.93. The van der Waals surface area contributed by atoms with Gasteiger partial charge in [0.05, 0.1) is 16.2 Å². The Hall–Kier alpha value is -2.16. The van der Waals surface area contributed by atoms with Gasteiger partial charge in [-0.2, -0.15) is 0 Å². The van der Waals surface area contributed by atoms with Gasteiger partial charge in [-0.05, 0) is 6.07 Å². The summed E-state index contributed by atoms with van der Waals surface area (Å²) in [5.41, 5.74) is -0.0344. The smallest absolute Gasteiger partial charge is 0.293 e. The molecule has 9 heteroatoms. The zero-order chi connectivity index (χ0) is 15.3. The van der Waals surface area contributed by atoms with E-state index in [9.17, 15) is 23.3 Å². The monoisotopic (exact) mass is 301 g/mol. The van der Waals surface area contributed by atoms with Crippen LogP contribution in [0.4, 0.5) is 11.4 Å². The lowest BCUT2D eigenvalue weighted by Crippen LogP contribution is -2.29. The minimum absolute atomic E-state index is 0.0521. The Morgan fingerprint density at radius 3 is 2.55 bits per heavy atom. The fourth-order valence-corrected chi connectivity index (χ4v) is 2.06. The van der Waals surface area contributed by atoms with Crippen LogP contribution in [0.1, 0.15) is 10.4 Å². The molecule has 1 amide bonds. The van der Waals surface area contributed by atoms with E-state index in [-0.39, 0.29) is 29.2 Å². The van der Waals surface area contributed by atoms with Crippen LogP contribution in [0.3, 0.4) is 0 Å². The van der Waals surface area contributed by atoms with Crippen LogP contribution in [0.15, 0.2) is 18.2 Å². The molecule has 1 aromatic rings. The number of amides is 1. The van der Waals surface area contributed by atoms with Crippen LogP contribution in [0.5, 0.6) is 0 Å². The van der Waals surface area contributed by atoms with Crippen LogP contribution < -0.4 is 10.6 Å². The SMILES string of the molecule is CNc1c(C(=O)NCCS(C)(=O)=O)cccc1[N+](=O)[O-]. The second-order valence-corrected chi connectivity index (χ2v) is 6.35. The largest absolute Gasteiger partial charge is 0.382 e. The van der Waals surface area contributed by atoms with Crippen molar-refractivity contribution in [2.24, 2.45) is 0 Å². The van der Waals surface area contributed by atoms with Gasteiger partial charge in [-0.25, -0.2) is 8.42 Å². The number of anilines is 1. The first-order chi connectivity index (χ1) is 9.26. The third-order valence-corrected chi connectivity index (χ3v) is 3.44. The molecule has 0 aliphatic carbocycles. The van der Waals surface area contributed by atoms with Gasteiger partial charge in [0, 0.05) is 25.9 Å². The molecule has 0 heterocycles. The van der Waals surface area contributed by atoms with Gasteiger partial charge in [-0.1, -0.05) is 6.07 Å². The van der Waals surface area contributed by atoms with E-state index in [4.69, 9.17) is 0 Å². The van der Waals surface area contributed by atoms with E-state index in [0.29, 0.717) is 0 Å². The molecule has 0 spiro atoms. The number of carbonyl (C=O) groups excluding carboxylic acids is 1. The fourth-order valence-electron chi connectivity index (χ4n) is 1.59. The molecule has 1 aromatic carbocycles. The second kappa shape index (κ2) is 6.33. The lowest BCUT2D eigenvalue weighted by atomic mass is 10.1. The normalized spacial score (nSPS) is 10.9. The molecule has 0 saturated carbocycles. The molecule has 0 saturated heterocycles. The van der Waals surface area contributed by atoms with Gasteiger partial charge in [-0.15, -0.1) is 0 Å². The van der Waals surface area contributed by atoms with Gasteiger partial charge in [-0.3, -0.25) is 14.9 Å². The average Bonchev–Trinajstić information content (AvgIpc) is 2.35. The molecular formula is C11H15N3O5S. The molecule has 0 fully saturated rings. The van der Waals surface area contributed by atoms with E-state index in [1.165, 1.54) is 25.2 Å². The van der Waals surface area contributed by atoms with Crippen LogP contribution >= 0.6 is 0 Å². The number of rotatable bonds is 6. The van der Waals surface area contributed by atoms with Crippen molar-refractivity contribution < 1.29 is 18.1 Å². The standard InChI is InChI=1S/C11H15N3O5S/c1-12-10-8(4-3-5-9(10)14(16)17)11(15)13-6-7-20(2,18)19/h3-5,12H,6-7H2,1-2H3,(H,13,15). The van der Waals surface area contributed by atoms with Crippen molar-refractivity contribution in [3.8, 4) is 0 Å². The van der Waals surface area contributed by atoms with E-state index < -0.39 is 20.7 Å². The van der Waals surface area contributed by atoms with Crippen LogP contribution in [0.2, 0.25) is 0 Å². The number of hydrogen-bond donors (Lipinski definition) is 2. The maximum atomic E-state index is 11.9. The van der Waals surface area contributed by atoms with E-state index in [2.05, 4.69) is 10.6 Å². The summed E-state index contributed by atoms with van der Waals surface area (Å²) in [5, 5.41) is 15.9. The topological polar surface area (TPSA) is 118 Å². The molecule has 0 aliphatic rings. The maximum Gasteiger partial charge on any atom is 0.293 e. The van der Waals surface area contributed by atoms with Crippen molar-refractivity contribution in [1.29, 1.82) is 0 Å². The van der Waals surface area contributed by atoms with E-state index in [1.54, 1.807) is 0 Å². The van der Waals surface area contributed by atoms with Crippen LogP contribution in [-0.2, 0) is 9.84 Å². The molecule has 0 radical (unpaired) electrons. The third kappa shape index (κ3) is 4.19. The summed E-state index contributed by atoms with van der Waals surface area (Å²) >= 11 is 0. The molecule has 2 N–H and O–H groups in total. The number of nitro benzene ring substituents is 1. The Bertz CT molecular complexity index is 627. The maximum absolute atomic E-state index is 11.9. The van der Waals surface area contributed by atoms with Crippen molar-refractivity contribution in [3.63, 3.8) is 0 Å². The summed E-state index contributed by atoms with van der Waals surface area (Å²) in [5.74, 6) is -0.760. The number of hydrogen-bond acceptors (Lipinski definition) is 6. The van der Waals surface area contributed by atoms with Crippen LogP contribution in [-0.4, -0.2) is 44.8 Å². The van der Waals surface area contributed by atoms with Gasteiger partial charge in [0.1, 0.15) is 15.5 Å². The first kappa shape index (κ1) is 15.9. The van der Waals surface area contributed by atoms with Gasteiger partial charge in [0.25, 0.3) is 11.6 Å². The van der Waals surface area contributed by atoms with Gasteiger partial charge in [0.2, 0.25) is 0 Å². The van der Waals surface area contributed by atoms with Gasteiger partial charge >= 0.3 is 0 Å². The highest BCUT2D eigenvalue weighted by atomic mass is 32.2.